The Morgan fingerprint density at radius 2 is 1.79 bits per heavy atom. The monoisotopic (exact) mass is 495 g/mol. The second-order valence-electron chi connectivity index (χ2n) is 8.92. The highest BCUT2D eigenvalue weighted by molar-refractivity contribution is 7.91. The molecule has 0 radical (unpaired) electrons. The van der Waals surface area contributed by atoms with Gasteiger partial charge in [0.15, 0.2) is 9.84 Å². The van der Waals surface area contributed by atoms with E-state index in [1.54, 1.807) is 41.3 Å². The van der Waals surface area contributed by atoms with Gasteiger partial charge in [0.1, 0.15) is 5.65 Å². The van der Waals surface area contributed by atoms with Gasteiger partial charge in [-0.15, -0.1) is 0 Å². The van der Waals surface area contributed by atoms with Crippen LogP contribution in [0, 0.1) is 6.92 Å². The molecule has 176 valence electrons. The predicted molar refractivity (Wildman–Crippen MR) is 134 cm³/mol. The summed E-state index contributed by atoms with van der Waals surface area (Å²) in [7, 11) is -3.56. The van der Waals surface area contributed by atoms with E-state index in [4.69, 9.17) is 11.6 Å². The maximum absolute atomic E-state index is 12.9. The fourth-order valence-electron chi connectivity index (χ4n) is 4.83. The summed E-state index contributed by atoms with van der Waals surface area (Å²) in [5.74, 6) is 0.0241. The van der Waals surface area contributed by atoms with E-state index in [0.717, 1.165) is 35.0 Å². The number of imidazole rings is 1. The maximum Gasteiger partial charge on any atom is 0.223 e. The lowest BCUT2D eigenvalue weighted by Gasteiger charge is -2.32. The van der Waals surface area contributed by atoms with Crippen molar-refractivity contribution < 1.29 is 13.2 Å². The van der Waals surface area contributed by atoms with Crippen LogP contribution in [0.5, 0.6) is 0 Å². The minimum Gasteiger partial charge on any atom is -0.343 e. The summed E-state index contributed by atoms with van der Waals surface area (Å²) >= 11 is 6.01. The lowest BCUT2D eigenvalue weighted by Crippen LogP contribution is -2.38. The molecule has 0 spiro atoms. The molecule has 0 atom stereocenters. The van der Waals surface area contributed by atoms with E-state index >= 15 is 0 Å². The average Bonchev–Trinajstić information content (AvgIpc) is 3.28. The number of sulfone groups is 1. The zero-order chi connectivity index (χ0) is 23.9. The quantitative estimate of drug-likeness (QED) is 0.389. The first-order chi connectivity index (χ1) is 16.3. The Bertz CT molecular complexity index is 1490. The summed E-state index contributed by atoms with van der Waals surface area (Å²) in [5, 5.41) is 2.29. The molecule has 1 saturated heterocycles. The summed E-state index contributed by atoms with van der Waals surface area (Å²) < 4.78 is 28.0. The highest BCUT2D eigenvalue weighted by Crippen LogP contribution is 2.30. The molecule has 0 saturated carbocycles. The molecule has 0 aliphatic carbocycles. The number of pyridine rings is 1. The third-order valence-electron chi connectivity index (χ3n) is 6.74. The smallest absolute Gasteiger partial charge is 0.223 e. The van der Waals surface area contributed by atoms with Gasteiger partial charge in [0.25, 0.3) is 0 Å². The van der Waals surface area contributed by atoms with E-state index in [-0.39, 0.29) is 23.0 Å². The van der Waals surface area contributed by atoms with Crippen molar-refractivity contribution in [2.24, 2.45) is 0 Å². The summed E-state index contributed by atoms with van der Waals surface area (Å²) in [4.78, 5) is 19.4. The fraction of sp³-hybridized carbons (Fsp3) is 0.308. The van der Waals surface area contributed by atoms with Crippen LogP contribution < -0.4 is 0 Å². The number of hydrogen-bond donors (Lipinski definition) is 0. The molecule has 6 nitrogen and oxygen atoms in total. The molecule has 34 heavy (non-hydrogen) atoms. The van der Waals surface area contributed by atoms with Crippen LogP contribution in [-0.4, -0.2) is 47.5 Å². The third kappa shape index (κ3) is 4.42. The molecular weight excluding hydrogens is 470 g/mol. The van der Waals surface area contributed by atoms with E-state index in [9.17, 15) is 13.2 Å². The normalized spacial score (nSPS) is 15.3. The zero-order valence-corrected chi connectivity index (χ0v) is 20.5. The number of fused-ring (bicyclic) bond motifs is 2. The Morgan fingerprint density at radius 1 is 1.06 bits per heavy atom. The number of halogens is 1. The molecule has 0 N–H and O–H groups in total. The van der Waals surface area contributed by atoms with Crippen molar-refractivity contribution in [2.45, 2.75) is 37.0 Å². The molecule has 2 aromatic heterocycles. The van der Waals surface area contributed by atoms with Crippen molar-refractivity contribution in [3.63, 3.8) is 0 Å². The first kappa shape index (κ1) is 22.9. The number of nitrogens with zero attached hydrogens (tertiary/aromatic N) is 3. The van der Waals surface area contributed by atoms with Gasteiger partial charge in [0.05, 0.1) is 10.6 Å². The standard InChI is InChI=1S/C26H26ClN3O3S/c1-18-3-2-4-25-28-17-24(30(18)25)19-9-12-29(13-10-19)26(31)11-14-34(32,33)23-8-6-20-15-22(27)7-5-21(20)16-23/h2-8,15-17,19H,9-14H2,1H3. The summed E-state index contributed by atoms with van der Waals surface area (Å²) in [6.45, 7) is 3.32. The molecule has 1 aliphatic rings. The second-order valence-corrected chi connectivity index (χ2v) is 11.5. The lowest BCUT2D eigenvalue weighted by molar-refractivity contribution is -0.131. The van der Waals surface area contributed by atoms with Crippen molar-refractivity contribution in [1.82, 2.24) is 14.3 Å². The Balaban J connectivity index is 1.21. The minimum atomic E-state index is -3.56. The molecule has 2 aromatic carbocycles. The first-order valence-electron chi connectivity index (χ1n) is 11.4. The number of carbonyl (C=O) groups excluding carboxylic acids is 1. The van der Waals surface area contributed by atoms with Crippen molar-refractivity contribution >= 4 is 43.8 Å². The minimum absolute atomic E-state index is 0.0135. The molecule has 0 unspecified atom stereocenters. The summed E-state index contributed by atoms with van der Waals surface area (Å²) in [6, 6.07) is 16.4. The van der Waals surface area contributed by atoms with Crippen LogP contribution >= 0.6 is 11.6 Å². The highest BCUT2D eigenvalue weighted by atomic mass is 35.5. The fourth-order valence-corrected chi connectivity index (χ4v) is 6.27. The Kier molecular flexibility index (Phi) is 6.08. The number of aromatic nitrogens is 2. The van der Waals surface area contributed by atoms with Crippen LogP contribution in [0.1, 0.15) is 36.6 Å². The lowest BCUT2D eigenvalue weighted by atomic mass is 9.93. The zero-order valence-electron chi connectivity index (χ0n) is 18.9. The summed E-state index contributed by atoms with van der Waals surface area (Å²) in [5.41, 5.74) is 3.27. The number of aryl methyl sites for hydroxylation is 1. The van der Waals surface area contributed by atoms with Gasteiger partial charge in [0.2, 0.25) is 5.91 Å². The van der Waals surface area contributed by atoms with E-state index in [2.05, 4.69) is 22.4 Å². The Labute approximate surface area is 204 Å². The van der Waals surface area contributed by atoms with E-state index in [1.807, 2.05) is 18.3 Å². The van der Waals surface area contributed by atoms with Crippen molar-refractivity contribution in [3.8, 4) is 0 Å². The van der Waals surface area contributed by atoms with Gasteiger partial charge >= 0.3 is 0 Å². The van der Waals surface area contributed by atoms with Gasteiger partial charge in [-0.2, -0.15) is 0 Å². The van der Waals surface area contributed by atoms with Crippen LogP contribution in [0.2, 0.25) is 5.02 Å². The van der Waals surface area contributed by atoms with Gasteiger partial charge in [-0.3, -0.25) is 4.79 Å². The molecule has 4 aromatic rings. The molecule has 1 amide bonds. The predicted octanol–water partition coefficient (Wildman–Crippen LogP) is 5.02. The van der Waals surface area contributed by atoms with Crippen LogP contribution in [-0.2, 0) is 14.6 Å². The van der Waals surface area contributed by atoms with Gasteiger partial charge in [0, 0.05) is 48.0 Å². The number of carbonyl (C=O) groups is 1. The number of rotatable bonds is 5. The van der Waals surface area contributed by atoms with Crippen LogP contribution in [0.15, 0.2) is 65.7 Å². The van der Waals surface area contributed by atoms with Crippen molar-refractivity contribution in [1.29, 1.82) is 0 Å². The second kappa shape index (κ2) is 9.04. The summed E-state index contributed by atoms with van der Waals surface area (Å²) in [6.07, 6.45) is 3.61. The van der Waals surface area contributed by atoms with Gasteiger partial charge in [-0.05, 0) is 66.9 Å². The Morgan fingerprint density at radius 3 is 2.59 bits per heavy atom. The highest BCUT2D eigenvalue weighted by Gasteiger charge is 2.27. The van der Waals surface area contributed by atoms with Gasteiger partial charge < -0.3 is 9.30 Å². The molecule has 1 aliphatic heterocycles. The maximum atomic E-state index is 12.9. The number of hydrogen-bond acceptors (Lipinski definition) is 4. The molecule has 0 bridgehead atoms. The van der Waals surface area contributed by atoms with Gasteiger partial charge in [-0.1, -0.05) is 29.8 Å². The van der Waals surface area contributed by atoms with Crippen LogP contribution in [0.25, 0.3) is 16.4 Å². The molecule has 5 rings (SSSR count). The largest absolute Gasteiger partial charge is 0.343 e. The van der Waals surface area contributed by atoms with Crippen LogP contribution in [0.4, 0.5) is 0 Å². The average molecular weight is 496 g/mol. The number of benzene rings is 2. The molecule has 3 heterocycles. The number of likely N-dealkylation sites (tertiary alicyclic amines) is 1. The first-order valence-corrected chi connectivity index (χ1v) is 13.5. The van der Waals surface area contributed by atoms with E-state index < -0.39 is 9.84 Å². The number of amides is 1. The van der Waals surface area contributed by atoms with Crippen LogP contribution in [0.3, 0.4) is 0 Å². The molecule has 8 heteroatoms. The number of piperidine rings is 1. The third-order valence-corrected chi connectivity index (χ3v) is 8.68. The van der Waals surface area contributed by atoms with E-state index in [1.165, 1.54) is 5.69 Å². The van der Waals surface area contributed by atoms with Crippen molar-refractivity contribution in [3.05, 3.63) is 77.2 Å². The Hall–Kier alpha value is -2.90. The molecular formula is C26H26ClN3O3S. The van der Waals surface area contributed by atoms with Crippen molar-refractivity contribution in [2.75, 3.05) is 18.8 Å². The molecule has 1 fully saturated rings. The van der Waals surface area contributed by atoms with Gasteiger partial charge in [-0.25, -0.2) is 13.4 Å². The topological polar surface area (TPSA) is 71.8 Å². The SMILES string of the molecule is Cc1cccc2ncc(C3CCN(C(=O)CCS(=O)(=O)c4ccc5cc(Cl)ccc5c4)CC3)n12. The van der Waals surface area contributed by atoms with E-state index in [0.29, 0.717) is 24.0 Å².